The van der Waals surface area contributed by atoms with Crippen LogP contribution in [0.4, 0.5) is 0 Å². The molecule has 0 saturated carbocycles. The molecule has 2 amide bonds. The Morgan fingerprint density at radius 2 is 0.868 bits per heavy atom. The highest BCUT2D eigenvalue weighted by Crippen LogP contribution is 2.44. The van der Waals surface area contributed by atoms with Gasteiger partial charge in [0, 0.05) is 37.7 Å². The molecule has 0 aromatic heterocycles. The Hall–Kier alpha value is -5.76. The van der Waals surface area contributed by atoms with Crippen molar-refractivity contribution in [3.63, 3.8) is 0 Å². The lowest BCUT2D eigenvalue weighted by Crippen LogP contribution is -2.47. The zero-order chi connectivity index (χ0) is 48.0. The molecule has 2 saturated heterocycles. The van der Waals surface area contributed by atoms with Gasteiger partial charge in [0.1, 0.15) is 38.4 Å². The van der Waals surface area contributed by atoms with Crippen LogP contribution in [0.1, 0.15) is 24.0 Å². The molecule has 18 heteroatoms. The number of rotatable bonds is 17. The van der Waals surface area contributed by atoms with Crippen molar-refractivity contribution in [2.45, 2.75) is 58.4 Å². The van der Waals surface area contributed by atoms with E-state index in [0.717, 1.165) is 21.9 Å². The Bertz CT molecular complexity index is 2830. The third kappa shape index (κ3) is 11.2. The number of likely N-dealkylation sites (N-methyl/N-ethyl adjacent to an activating group) is 2. The molecular weight excluding hydrogens is 945 g/mol. The van der Waals surface area contributed by atoms with E-state index in [0.29, 0.717) is 10.8 Å². The maximum Gasteiger partial charge on any atom is 0.325 e. The van der Waals surface area contributed by atoms with E-state index in [1.807, 2.05) is 109 Å². The first kappa shape index (κ1) is 48.7. The van der Waals surface area contributed by atoms with Crippen LogP contribution in [0.15, 0.2) is 155 Å². The molecule has 0 N–H and O–H groups in total. The molecule has 2 unspecified atom stereocenters. The van der Waals surface area contributed by atoms with Gasteiger partial charge in [-0.3, -0.25) is 19.2 Å². The van der Waals surface area contributed by atoms with Crippen molar-refractivity contribution in [1.29, 1.82) is 0 Å². The highest BCUT2D eigenvalue weighted by molar-refractivity contribution is 8.77. The molecule has 2 fully saturated rings. The predicted octanol–water partition coefficient (Wildman–Crippen LogP) is 6.74. The molecule has 8 rings (SSSR count). The van der Waals surface area contributed by atoms with Gasteiger partial charge in [-0.15, -0.1) is 0 Å². The number of esters is 2. The monoisotopic (exact) mass is 994 g/mol. The largest absolute Gasteiger partial charge is 0.459 e. The lowest BCUT2D eigenvalue weighted by molar-refractivity contribution is -0.150. The van der Waals surface area contributed by atoms with Gasteiger partial charge in [0.05, 0.1) is 9.79 Å². The fourth-order valence-corrected chi connectivity index (χ4v) is 15.0. The van der Waals surface area contributed by atoms with Gasteiger partial charge in [0.25, 0.3) is 0 Å². The fourth-order valence-electron chi connectivity index (χ4n) is 8.36. The van der Waals surface area contributed by atoms with Gasteiger partial charge in [0.2, 0.25) is 31.9 Å². The quantitative estimate of drug-likeness (QED) is 0.0699. The number of amides is 2. The summed E-state index contributed by atoms with van der Waals surface area (Å²) in [6.45, 7) is -0.909. The van der Waals surface area contributed by atoms with Crippen LogP contribution >= 0.6 is 21.6 Å². The van der Waals surface area contributed by atoms with E-state index >= 15 is 0 Å². The van der Waals surface area contributed by atoms with Crippen LogP contribution in [-0.4, -0.2) is 122 Å². The van der Waals surface area contributed by atoms with Crippen molar-refractivity contribution in [3.05, 3.63) is 157 Å². The lowest BCUT2D eigenvalue weighted by Gasteiger charge is -2.27. The summed E-state index contributed by atoms with van der Waals surface area (Å²) in [7, 11) is -3.01. The number of sulfonamides is 2. The minimum absolute atomic E-state index is 0.00965. The summed E-state index contributed by atoms with van der Waals surface area (Å²) in [5, 5.41) is 2.20. The van der Waals surface area contributed by atoms with Crippen molar-refractivity contribution in [2.24, 2.45) is 0 Å². The number of ether oxygens (including phenoxy) is 2. The van der Waals surface area contributed by atoms with Crippen molar-refractivity contribution >= 4 is 86.9 Å². The first-order chi connectivity index (χ1) is 32.7. The first-order valence-corrected chi connectivity index (χ1v) is 27.1. The molecule has 354 valence electrons. The van der Waals surface area contributed by atoms with E-state index in [2.05, 4.69) is 0 Å². The van der Waals surface area contributed by atoms with Crippen LogP contribution in [0.3, 0.4) is 0 Å². The number of nitrogens with zero attached hydrogens (tertiary/aromatic N) is 4. The molecule has 0 bridgehead atoms. The molecule has 6 aromatic carbocycles. The molecule has 0 radical (unpaired) electrons. The molecule has 2 aliphatic rings. The SMILES string of the molecule is CN(CC(=O)OCc1ccccc1)C(=O)C1CC(SS[C@@H]2C[C@@H](C(=O)N(C)CC(=O)OCc3ccccc3)N(S(=O)(=O)c3ccc4ccccc4c3)C2)CN1S(=O)(=O)c1ccc2ccccc2c1. The van der Waals surface area contributed by atoms with Crippen LogP contribution in [-0.2, 0) is 61.9 Å². The van der Waals surface area contributed by atoms with Crippen LogP contribution in [0, 0.1) is 0 Å². The summed E-state index contributed by atoms with van der Waals surface area (Å²) in [5.74, 6) is -2.47. The lowest BCUT2D eigenvalue weighted by atomic mass is 10.1. The second-order valence-electron chi connectivity index (χ2n) is 16.8. The second-order valence-corrected chi connectivity index (χ2v) is 23.4. The molecule has 6 aromatic rings. The number of carbonyl (C=O) groups is 4. The van der Waals surface area contributed by atoms with Gasteiger partial charge in [-0.1, -0.05) is 143 Å². The third-order valence-corrected chi connectivity index (χ3v) is 19.0. The number of carbonyl (C=O) groups excluding carboxylic acids is 4. The Balaban J connectivity index is 1.00. The Morgan fingerprint density at radius 3 is 1.25 bits per heavy atom. The average Bonchev–Trinajstić information content (AvgIpc) is 4.00. The van der Waals surface area contributed by atoms with E-state index in [1.54, 1.807) is 24.3 Å². The standard InChI is InChI=1S/C50H50N4O10S4/c1-51(31-47(55)63-33-35-13-5-3-6-14-35)49(57)45-27-41(29-53(45)67(59,60)43-23-21-37-17-9-11-19-39(37)25-43)65-66-42-28-46(50(58)52(2)32-48(56)64-34-36-15-7-4-8-16-36)54(30-42)68(61,62)44-24-22-38-18-10-12-20-40(38)26-44/h3-26,41-42,45-46H,27-34H2,1-2H3/t41-,42?,45+,46?/m1/s1. The van der Waals surface area contributed by atoms with Crippen LogP contribution in [0.25, 0.3) is 21.5 Å². The first-order valence-electron chi connectivity index (χ1n) is 21.9. The maximum absolute atomic E-state index is 14.5. The molecular formula is C50H50N4O10S4. The van der Waals surface area contributed by atoms with Crippen molar-refractivity contribution < 1.29 is 45.5 Å². The predicted molar refractivity (Wildman–Crippen MR) is 263 cm³/mol. The number of hydrogen-bond acceptors (Lipinski definition) is 12. The molecule has 4 atom stereocenters. The molecule has 68 heavy (non-hydrogen) atoms. The zero-order valence-corrected chi connectivity index (χ0v) is 40.6. The minimum Gasteiger partial charge on any atom is -0.459 e. The van der Waals surface area contributed by atoms with E-state index < -0.39 is 79.5 Å². The van der Waals surface area contributed by atoms with Gasteiger partial charge in [-0.2, -0.15) is 8.61 Å². The smallest absolute Gasteiger partial charge is 0.325 e. The molecule has 0 aliphatic carbocycles. The van der Waals surface area contributed by atoms with E-state index in [9.17, 15) is 36.0 Å². The van der Waals surface area contributed by atoms with Gasteiger partial charge < -0.3 is 19.3 Å². The number of benzene rings is 6. The zero-order valence-electron chi connectivity index (χ0n) is 37.3. The van der Waals surface area contributed by atoms with E-state index in [-0.39, 0.29) is 48.9 Å². The van der Waals surface area contributed by atoms with E-state index in [4.69, 9.17) is 9.47 Å². The number of fused-ring (bicyclic) bond motifs is 2. The highest BCUT2D eigenvalue weighted by atomic mass is 33.1. The van der Waals surface area contributed by atoms with Gasteiger partial charge in [-0.25, -0.2) is 16.8 Å². The molecule has 14 nitrogen and oxygen atoms in total. The highest BCUT2D eigenvalue weighted by Gasteiger charge is 2.48. The molecule has 0 spiro atoms. The van der Waals surface area contributed by atoms with Crippen molar-refractivity contribution in [3.8, 4) is 0 Å². The van der Waals surface area contributed by atoms with Crippen molar-refractivity contribution in [2.75, 3.05) is 40.3 Å². The van der Waals surface area contributed by atoms with Crippen LogP contribution < -0.4 is 0 Å². The summed E-state index contributed by atoms with van der Waals surface area (Å²) >= 11 is 0. The summed E-state index contributed by atoms with van der Waals surface area (Å²) in [6.07, 6.45) is 0.184. The Morgan fingerprint density at radius 1 is 0.515 bits per heavy atom. The Kier molecular flexibility index (Phi) is 15.2. The second kappa shape index (κ2) is 21.3. The van der Waals surface area contributed by atoms with Gasteiger partial charge in [0.15, 0.2) is 0 Å². The molecule has 2 heterocycles. The summed E-state index contributed by atoms with van der Waals surface area (Å²) < 4.78 is 71.4. The third-order valence-electron chi connectivity index (χ3n) is 12.0. The van der Waals surface area contributed by atoms with Crippen LogP contribution in [0.2, 0.25) is 0 Å². The summed E-state index contributed by atoms with van der Waals surface area (Å²) in [5.41, 5.74) is 1.54. The summed E-state index contributed by atoms with van der Waals surface area (Å²) in [6, 6.07) is 40.2. The van der Waals surface area contributed by atoms with Crippen molar-refractivity contribution in [1.82, 2.24) is 18.4 Å². The van der Waals surface area contributed by atoms with E-state index in [1.165, 1.54) is 66.2 Å². The fraction of sp³-hybridized carbons (Fsp3) is 0.280. The average molecular weight is 995 g/mol. The van der Waals surface area contributed by atoms with Crippen LogP contribution in [0.5, 0.6) is 0 Å². The maximum atomic E-state index is 14.5. The summed E-state index contributed by atoms with van der Waals surface area (Å²) in [4.78, 5) is 56.7. The number of hydrogen-bond donors (Lipinski definition) is 0. The Labute approximate surface area is 404 Å². The van der Waals surface area contributed by atoms with Gasteiger partial charge >= 0.3 is 11.9 Å². The topological polar surface area (TPSA) is 168 Å². The van der Waals surface area contributed by atoms with Gasteiger partial charge in [-0.05, 0) is 69.8 Å². The molecule has 2 aliphatic heterocycles. The normalized spacial score (nSPS) is 18.9. The minimum atomic E-state index is -4.27.